The Labute approximate surface area is 124 Å². The number of nitrogens with two attached hydrogens (primary N) is 1. The van der Waals surface area contributed by atoms with E-state index in [0.717, 1.165) is 27.8 Å². The normalized spacial score (nSPS) is 10.6. The SMILES string of the molecule is CN(C)c1ccc(Nc2ccc(N)c3ccncc23)cc1. The first-order valence-corrected chi connectivity index (χ1v) is 6.82. The van der Waals surface area contributed by atoms with Crippen LogP contribution in [0.25, 0.3) is 10.8 Å². The highest BCUT2D eigenvalue weighted by molar-refractivity contribution is 6.01. The summed E-state index contributed by atoms with van der Waals surface area (Å²) in [6.07, 6.45) is 3.59. The molecule has 0 saturated heterocycles. The van der Waals surface area contributed by atoms with Gasteiger partial charge in [0.25, 0.3) is 0 Å². The fourth-order valence-electron chi connectivity index (χ4n) is 2.32. The largest absolute Gasteiger partial charge is 0.398 e. The van der Waals surface area contributed by atoms with E-state index >= 15 is 0 Å². The maximum Gasteiger partial charge on any atom is 0.0481 e. The second-order valence-corrected chi connectivity index (χ2v) is 5.19. The van der Waals surface area contributed by atoms with Gasteiger partial charge in [-0.3, -0.25) is 4.98 Å². The number of aromatic nitrogens is 1. The molecule has 0 bridgehead atoms. The number of nitrogen functional groups attached to an aromatic ring is 1. The summed E-state index contributed by atoms with van der Waals surface area (Å²) < 4.78 is 0. The molecule has 3 rings (SSSR count). The third-order valence-corrected chi connectivity index (χ3v) is 3.51. The summed E-state index contributed by atoms with van der Waals surface area (Å²) in [7, 11) is 4.06. The van der Waals surface area contributed by atoms with E-state index in [9.17, 15) is 0 Å². The van der Waals surface area contributed by atoms with Gasteiger partial charge in [0.15, 0.2) is 0 Å². The van der Waals surface area contributed by atoms with Crippen molar-refractivity contribution in [2.75, 3.05) is 30.0 Å². The summed E-state index contributed by atoms with van der Waals surface area (Å²) in [5.41, 5.74) is 9.99. The summed E-state index contributed by atoms with van der Waals surface area (Å²) >= 11 is 0. The molecule has 0 amide bonds. The van der Waals surface area contributed by atoms with Crippen LogP contribution in [0.15, 0.2) is 54.9 Å². The van der Waals surface area contributed by atoms with E-state index in [2.05, 4.69) is 39.5 Å². The van der Waals surface area contributed by atoms with Crippen molar-refractivity contribution in [2.24, 2.45) is 0 Å². The molecule has 0 fully saturated rings. The van der Waals surface area contributed by atoms with Crippen LogP contribution in [0.4, 0.5) is 22.7 Å². The van der Waals surface area contributed by atoms with Crippen molar-refractivity contribution < 1.29 is 0 Å². The van der Waals surface area contributed by atoms with Crippen LogP contribution in [0, 0.1) is 0 Å². The molecule has 0 aliphatic carbocycles. The molecular formula is C17H18N4. The molecule has 0 atom stereocenters. The summed E-state index contributed by atoms with van der Waals surface area (Å²) in [6.45, 7) is 0. The first-order valence-electron chi connectivity index (χ1n) is 6.82. The zero-order valence-electron chi connectivity index (χ0n) is 12.2. The van der Waals surface area contributed by atoms with Gasteiger partial charge in [-0.05, 0) is 42.5 Å². The molecule has 1 aromatic heterocycles. The Morgan fingerprint density at radius 3 is 2.43 bits per heavy atom. The number of nitrogens with one attached hydrogen (secondary N) is 1. The lowest BCUT2D eigenvalue weighted by Crippen LogP contribution is -2.08. The van der Waals surface area contributed by atoms with E-state index in [0.29, 0.717) is 0 Å². The molecule has 0 spiro atoms. The van der Waals surface area contributed by atoms with Gasteiger partial charge in [-0.2, -0.15) is 0 Å². The number of hydrogen-bond donors (Lipinski definition) is 2. The van der Waals surface area contributed by atoms with Crippen molar-refractivity contribution in [3.05, 3.63) is 54.9 Å². The number of fused-ring (bicyclic) bond motifs is 1. The maximum absolute atomic E-state index is 6.01. The van der Waals surface area contributed by atoms with E-state index in [1.165, 1.54) is 5.69 Å². The molecule has 2 aromatic carbocycles. The Kier molecular flexibility index (Phi) is 3.36. The van der Waals surface area contributed by atoms with Crippen molar-refractivity contribution in [1.82, 2.24) is 4.98 Å². The number of hydrogen-bond acceptors (Lipinski definition) is 4. The number of pyridine rings is 1. The molecule has 0 aliphatic rings. The first kappa shape index (κ1) is 13.2. The van der Waals surface area contributed by atoms with Gasteiger partial charge in [-0.1, -0.05) is 0 Å². The molecule has 3 aromatic rings. The van der Waals surface area contributed by atoms with Crippen molar-refractivity contribution in [1.29, 1.82) is 0 Å². The molecule has 0 radical (unpaired) electrons. The molecule has 4 heteroatoms. The first-order chi connectivity index (χ1) is 10.1. The van der Waals surface area contributed by atoms with Gasteiger partial charge in [-0.15, -0.1) is 0 Å². The third-order valence-electron chi connectivity index (χ3n) is 3.51. The van der Waals surface area contributed by atoms with Crippen LogP contribution in [-0.2, 0) is 0 Å². The highest BCUT2D eigenvalue weighted by Gasteiger charge is 2.04. The third kappa shape index (κ3) is 2.60. The molecule has 106 valence electrons. The second-order valence-electron chi connectivity index (χ2n) is 5.19. The Hall–Kier alpha value is -2.75. The predicted molar refractivity (Wildman–Crippen MR) is 90.2 cm³/mol. The average Bonchev–Trinajstić information content (AvgIpc) is 2.51. The summed E-state index contributed by atoms with van der Waals surface area (Å²) in [5.74, 6) is 0. The predicted octanol–water partition coefficient (Wildman–Crippen LogP) is 3.63. The summed E-state index contributed by atoms with van der Waals surface area (Å²) in [4.78, 5) is 6.27. The maximum atomic E-state index is 6.01. The van der Waals surface area contributed by atoms with Crippen molar-refractivity contribution >= 4 is 33.5 Å². The Balaban J connectivity index is 1.96. The van der Waals surface area contributed by atoms with Crippen molar-refractivity contribution in [2.45, 2.75) is 0 Å². The van der Waals surface area contributed by atoms with Gasteiger partial charge >= 0.3 is 0 Å². The summed E-state index contributed by atoms with van der Waals surface area (Å²) in [6, 6.07) is 14.1. The van der Waals surface area contributed by atoms with Crippen LogP contribution in [0.5, 0.6) is 0 Å². The highest BCUT2D eigenvalue weighted by Crippen LogP contribution is 2.30. The zero-order chi connectivity index (χ0) is 14.8. The number of nitrogens with zero attached hydrogens (tertiary/aromatic N) is 2. The van der Waals surface area contributed by atoms with Gasteiger partial charge in [0.05, 0.1) is 0 Å². The number of rotatable bonds is 3. The molecule has 3 N–H and O–H groups in total. The van der Waals surface area contributed by atoms with E-state index in [-0.39, 0.29) is 0 Å². The monoisotopic (exact) mass is 278 g/mol. The zero-order valence-corrected chi connectivity index (χ0v) is 12.2. The topological polar surface area (TPSA) is 54.2 Å². The average molecular weight is 278 g/mol. The quantitative estimate of drug-likeness (QED) is 0.718. The molecule has 4 nitrogen and oxygen atoms in total. The van der Waals surface area contributed by atoms with Crippen LogP contribution >= 0.6 is 0 Å². The molecule has 0 aliphatic heterocycles. The molecular weight excluding hydrogens is 260 g/mol. The van der Waals surface area contributed by atoms with Gasteiger partial charge < -0.3 is 16.0 Å². The second kappa shape index (κ2) is 5.32. The number of anilines is 4. The van der Waals surface area contributed by atoms with Crippen LogP contribution in [0.3, 0.4) is 0 Å². The van der Waals surface area contributed by atoms with Crippen molar-refractivity contribution in [3.63, 3.8) is 0 Å². The van der Waals surface area contributed by atoms with Crippen LogP contribution in [0.2, 0.25) is 0 Å². The minimum atomic E-state index is 0.765. The van der Waals surface area contributed by atoms with Crippen LogP contribution in [-0.4, -0.2) is 19.1 Å². The Bertz CT molecular complexity index is 763. The smallest absolute Gasteiger partial charge is 0.0481 e. The molecule has 21 heavy (non-hydrogen) atoms. The minimum absolute atomic E-state index is 0.765. The fourth-order valence-corrected chi connectivity index (χ4v) is 2.32. The van der Waals surface area contributed by atoms with Gasteiger partial charge in [0.2, 0.25) is 0 Å². The summed E-state index contributed by atoms with van der Waals surface area (Å²) in [5, 5.41) is 5.46. The van der Waals surface area contributed by atoms with E-state index in [1.807, 2.05) is 38.5 Å². The molecule has 0 saturated carbocycles. The standard InChI is InChI=1S/C17H18N4/c1-21(2)13-5-3-12(4-6-13)20-17-8-7-16(18)14-9-10-19-11-15(14)17/h3-11,20H,18H2,1-2H3. The van der Waals surface area contributed by atoms with Crippen LogP contribution < -0.4 is 16.0 Å². The van der Waals surface area contributed by atoms with Crippen LogP contribution in [0.1, 0.15) is 0 Å². The lowest BCUT2D eigenvalue weighted by Gasteiger charge is -2.14. The Morgan fingerprint density at radius 1 is 0.952 bits per heavy atom. The number of benzene rings is 2. The van der Waals surface area contributed by atoms with E-state index < -0.39 is 0 Å². The van der Waals surface area contributed by atoms with E-state index in [4.69, 9.17) is 5.73 Å². The van der Waals surface area contributed by atoms with Crippen molar-refractivity contribution in [3.8, 4) is 0 Å². The van der Waals surface area contributed by atoms with E-state index in [1.54, 1.807) is 6.20 Å². The Morgan fingerprint density at radius 2 is 1.71 bits per heavy atom. The van der Waals surface area contributed by atoms with Gasteiger partial charge in [-0.25, -0.2) is 0 Å². The molecule has 0 unspecified atom stereocenters. The van der Waals surface area contributed by atoms with Gasteiger partial charge in [0.1, 0.15) is 0 Å². The highest BCUT2D eigenvalue weighted by atomic mass is 15.1. The van der Waals surface area contributed by atoms with Gasteiger partial charge in [0, 0.05) is 60.0 Å². The fraction of sp³-hybridized carbons (Fsp3) is 0.118. The lowest BCUT2D eigenvalue weighted by molar-refractivity contribution is 1.13. The lowest BCUT2D eigenvalue weighted by atomic mass is 10.1. The molecule has 1 heterocycles. The minimum Gasteiger partial charge on any atom is -0.398 e.